The molecule has 84 valence electrons. The highest BCUT2D eigenvalue weighted by Crippen LogP contribution is 2.33. The van der Waals surface area contributed by atoms with E-state index in [1.54, 1.807) is 0 Å². The van der Waals surface area contributed by atoms with Gasteiger partial charge in [0, 0.05) is 16.6 Å². The molecule has 0 saturated carbocycles. The third-order valence-electron chi connectivity index (χ3n) is 3.11. The molecule has 0 unspecified atom stereocenters. The van der Waals surface area contributed by atoms with Crippen molar-refractivity contribution < 1.29 is 5.11 Å². The molecule has 0 spiro atoms. The smallest absolute Gasteiger partial charge is 0.199 e. The number of nitrogens with zero attached hydrogens (tertiary/aromatic N) is 1. The van der Waals surface area contributed by atoms with Crippen LogP contribution in [-0.2, 0) is 0 Å². The second kappa shape index (κ2) is 3.67. The molecule has 0 aliphatic carbocycles. The third-order valence-corrected chi connectivity index (χ3v) is 3.11. The zero-order valence-corrected chi connectivity index (χ0v) is 9.59. The first-order chi connectivity index (χ1) is 8.29. The summed E-state index contributed by atoms with van der Waals surface area (Å²) in [4.78, 5) is 0. The molecule has 3 aromatic rings. The van der Waals surface area contributed by atoms with Crippen molar-refractivity contribution in [2.45, 2.75) is 6.92 Å². The van der Waals surface area contributed by atoms with Crippen molar-refractivity contribution in [3.63, 3.8) is 0 Å². The molecule has 1 aromatic heterocycles. The number of hydrogen-bond donors (Lipinski definition) is 1. The van der Waals surface area contributed by atoms with Gasteiger partial charge in [-0.05, 0) is 25.1 Å². The summed E-state index contributed by atoms with van der Waals surface area (Å²) in [5.41, 5.74) is 2.94. The standard InChI is InChI=1S/C15H13NO/c1-11-13-9-5-6-10-14(13)16(15(11)17)12-7-3-2-4-8-12/h2-10,17H,1H3. The van der Waals surface area contributed by atoms with Crippen LogP contribution in [0, 0.1) is 6.92 Å². The van der Waals surface area contributed by atoms with E-state index in [2.05, 4.69) is 0 Å². The van der Waals surface area contributed by atoms with Crippen molar-refractivity contribution in [1.82, 2.24) is 4.57 Å². The van der Waals surface area contributed by atoms with E-state index in [-0.39, 0.29) is 0 Å². The monoisotopic (exact) mass is 223 g/mol. The highest BCUT2D eigenvalue weighted by Gasteiger charge is 2.13. The van der Waals surface area contributed by atoms with Gasteiger partial charge in [-0.15, -0.1) is 0 Å². The summed E-state index contributed by atoms with van der Waals surface area (Å²) in [5, 5.41) is 11.3. The summed E-state index contributed by atoms with van der Waals surface area (Å²) in [6, 6.07) is 17.9. The van der Waals surface area contributed by atoms with Gasteiger partial charge in [-0.25, -0.2) is 0 Å². The average Bonchev–Trinajstić information content (AvgIpc) is 2.64. The summed E-state index contributed by atoms with van der Waals surface area (Å²) in [5.74, 6) is 0.317. The summed E-state index contributed by atoms with van der Waals surface area (Å²) in [7, 11) is 0. The Balaban J connectivity index is 2.41. The molecule has 2 heteroatoms. The van der Waals surface area contributed by atoms with Crippen LogP contribution in [0.2, 0.25) is 0 Å². The minimum Gasteiger partial charge on any atom is -0.494 e. The fourth-order valence-corrected chi connectivity index (χ4v) is 2.23. The van der Waals surface area contributed by atoms with Crippen LogP contribution in [0.25, 0.3) is 16.6 Å². The number of fused-ring (bicyclic) bond motifs is 1. The van der Waals surface area contributed by atoms with E-state index in [0.29, 0.717) is 5.88 Å². The first kappa shape index (κ1) is 9.97. The fraction of sp³-hybridized carbons (Fsp3) is 0.0667. The lowest BCUT2D eigenvalue weighted by Crippen LogP contribution is -1.92. The third kappa shape index (κ3) is 1.41. The zero-order valence-electron chi connectivity index (χ0n) is 9.59. The minimum atomic E-state index is 0.317. The van der Waals surface area contributed by atoms with Gasteiger partial charge >= 0.3 is 0 Å². The maximum atomic E-state index is 10.2. The lowest BCUT2D eigenvalue weighted by Gasteiger charge is -2.06. The van der Waals surface area contributed by atoms with Gasteiger partial charge in [-0.2, -0.15) is 0 Å². The predicted molar refractivity (Wildman–Crippen MR) is 69.7 cm³/mol. The predicted octanol–water partition coefficient (Wildman–Crippen LogP) is 3.64. The number of aromatic nitrogens is 1. The van der Waals surface area contributed by atoms with Crippen molar-refractivity contribution >= 4 is 10.9 Å². The molecule has 0 amide bonds. The molecular formula is C15H13NO. The molecule has 0 radical (unpaired) electrons. The molecule has 0 fully saturated rings. The van der Waals surface area contributed by atoms with Gasteiger partial charge in [-0.3, -0.25) is 4.57 Å². The normalized spacial score (nSPS) is 10.9. The highest BCUT2D eigenvalue weighted by atomic mass is 16.3. The Hall–Kier alpha value is -2.22. The van der Waals surface area contributed by atoms with Gasteiger partial charge < -0.3 is 5.11 Å². The van der Waals surface area contributed by atoms with Crippen molar-refractivity contribution in [2.75, 3.05) is 0 Å². The number of rotatable bonds is 1. The lowest BCUT2D eigenvalue weighted by atomic mass is 10.2. The van der Waals surface area contributed by atoms with E-state index in [4.69, 9.17) is 0 Å². The van der Waals surface area contributed by atoms with Gasteiger partial charge in [0.1, 0.15) is 0 Å². The summed E-state index contributed by atoms with van der Waals surface area (Å²) >= 11 is 0. The molecule has 0 bridgehead atoms. The quantitative estimate of drug-likeness (QED) is 0.669. The highest BCUT2D eigenvalue weighted by molar-refractivity contribution is 5.88. The minimum absolute atomic E-state index is 0.317. The van der Waals surface area contributed by atoms with E-state index in [9.17, 15) is 5.11 Å². The van der Waals surface area contributed by atoms with Crippen LogP contribution in [0.5, 0.6) is 5.88 Å². The van der Waals surface area contributed by atoms with Crippen LogP contribution >= 0.6 is 0 Å². The van der Waals surface area contributed by atoms with E-state index < -0.39 is 0 Å². The van der Waals surface area contributed by atoms with Crippen LogP contribution in [0.3, 0.4) is 0 Å². The Kier molecular flexibility index (Phi) is 2.15. The van der Waals surface area contributed by atoms with Crippen LogP contribution in [0.1, 0.15) is 5.56 Å². The number of benzene rings is 2. The summed E-state index contributed by atoms with van der Waals surface area (Å²) < 4.78 is 1.88. The Morgan fingerprint density at radius 2 is 1.53 bits per heavy atom. The summed E-state index contributed by atoms with van der Waals surface area (Å²) in [6.45, 7) is 1.94. The lowest BCUT2D eigenvalue weighted by molar-refractivity contribution is 0.441. The average molecular weight is 223 g/mol. The Bertz CT molecular complexity index is 668. The molecule has 1 heterocycles. The van der Waals surface area contributed by atoms with E-state index >= 15 is 0 Å². The topological polar surface area (TPSA) is 25.2 Å². The second-order valence-corrected chi connectivity index (χ2v) is 4.14. The maximum Gasteiger partial charge on any atom is 0.199 e. The number of hydrogen-bond acceptors (Lipinski definition) is 1. The van der Waals surface area contributed by atoms with Crippen LogP contribution in [0.15, 0.2) is 54.6 Å². The Morgan fingerprint density at radius 1 is 0.882 bits per heavy atom. The van der Waals surface area contributed by atoms with Gasteiger partial charge in [0.25, 0.3) is 0 Å². The van der Waals surface area contributed by atoms with Crippen molar-refractivity contribution in [1.29, 1.82) is 0 Å². The molecule has 17 heavy (non-hydrogen) atoms. The first-order valence-corrected chi connectivity index (χ1v) is 5.63. The first-order valence-electron chi connectivity index (χ1n) is 5.63. The SMILES string of the molecule is Cc1c(O)n(-c2ccccc2)c2ccccc12. The van der Waals surface area contributed by atoms with Crippen LogP contribution in [0.4, 0.5) is 0 Å². The molecule has 0 aliphatic rings. The number of aryl methyl sites for hydroxylation is 1. The van der Waals surface area contributed by atoms with Gasteiger partial charge in [0.2, 0.25) is 0 Å². The van der Waals surface area contributed by atoms with E-state index in [1.165, 1.54) is 0 Å². The Labute approximate surface area is 99.7 Å². The van der Waals surface area contributed by atoms with Crippen molar-refractivity contribution in [3.05, 3.63) is 60.2 Å². The molecule has 2 nitrogen and oxygen atoms in total. The number of para-hydroxylation sites is 2. The molecule has 3 rings (SSSR count). The summed E-state index contributed by atoms with van der Waals surface area (Å²) in [6.07, 6.45) is 0. The zero-order chi connectivity index (χ0) is 11.8. The van der Waals surface area contributed by atoms with Crippen LogP contribution in [-0.4, -0.2) is 9.67 Å². The van der Waals surface area contributed by atoms with Crippen molar-refractivity contribution in [2.24, 2.45) is 0 Å². The fourth-order valence-electron chi connectivity index (χ4n) is 2.23. The van der Waals surface area contributed by atoms with Crippen molar-refractivity contribution in [3.8, 4) is 11.6 Å². The number of aromatic hydroxyl groups is 1. The van der Waals surface area contributed by atoms with E-state index in [1.807, 2.05) is 66.1 Å². The second-order valence-electron chi connectivity index (χ2n) is 4.14. The molecule has 0 saturated heterocycles. The Morgan fingerprint density at radius 3 is 2.29 bits per heavy atom. The molecule has 2 aromatic carbocycles. The largest absolute Gasteiger partial charge is 0.494 e. The molecular weight excluding hydrogens is 210 g/mol. The van der Waals surface area contributed by atoms with E-state index in [0.717, 1.165) is 22.2 Å². The van der Waals surface area contributed by atoms with Gasteiger partial charge in [0.15, 0.2) is 5.88 Å². The molecule has 0 atom stereocenters. The van der Waals surface area contributed by atoms with Gasteiger partial charge in [-0.1, -0.05) is 36.4 Å². The maximum absolute atomic E-state index is 10.2. The molecule has 0 aliphatic heterocycles. The van der Waals surface area contributed by atoms with Gasteiger partial charge in [0.05, 0.1) is 5.52 Å². The van der Waals surface area contributed by atoms with Crippen LogP contribution < -0.4 is 0 Å². The molecule has 1 N–H and O–H groups in total.